The van der Waals surface area contributed by atoms with Crippen LogP contribution in [0, 0.1) is 0 Å². The molecule has 3 aromatic carbocycles. The van der Waals surface area contributed by atoms with Gasteiger partial charge in [-0.2, -0.15) is 0 Å². The molecule has 0 saturated carbocycles. The first-order valence-electron chi connectivity index (χ1n) is 7.02. The van der Waals surface area contributed by atoms with Crippen molar-refractivity contribution in [1.29, 1.82) is 0 Å². The summed E-state index contributed by atoms with van der Waals surface area (Å²) in [5, 5.41) is 12.7. The third-order valence-electron chi connectivity index (χ3n) is 3.78. The fourth-order valence-corrected chi connectivity index (χ4v) is 3.32. The Morgan fingerprint density at radius 2 is 1.04 bits per heavy atom. The first kappa shape index (κ1) is 16.4. The maximum absolute atomic E-state index is 11.6. The van der Waals surface area contributed by atoms with E-state index in [0.717, 1.165) is 0 Å². The van der Waals surface area contributed by atoms with Gasteiger partial charge in [0.15, 0.2) is 0 Å². The van der Waals surface area contributed by atoms with Crippen molar-refractivity contribution >= 4 is 34.8 Å². The molecule has 3 aromatic rings. The van der Waals surface area contributed by atoms with E-state index < -0.39 is 5.60 Å². The van der Waals surface area contributed by atoms with Gasteiger partial charge in [0, 0.05) is 10.6 Å². The molecule has 0 aliphatic rings. The minimum atomic E-state index is -1.42. The minimum Gasteiger partial charge on any atom is -0.376 e. The summed E-state index contributed by atoms with van der Waals surface area (Å²) in [5.41, 5.74) is 0.470. The minimum absolute atomic E-state index is 0.344. The molecule has 0 amide bonds. The maximum atomic E-state index is 11.6. The molecule has 23 heavy (non-hydrogen) atoms. The molecule has 1 nitrogen and oxygen atoms in total. The van der Waals surface area contributed by atoms with E-state index in [9.17, 15) is 5.11 Å². The number of hydrogen-bond donors (Lipinski definition) is 1. The predicted molar refractivity (Wildman–Crippen MR) is 96.5 cm³/mol. The average Bonchev–Trinajstić information content (AvgIpc) is 2.59. The van der Waals surface area contributed by atoms with Gasteiger partial charge in [0.1, 0.15) is 5.60 Å². The Morgan fingerprint density at radius 1 is 0.609 bits per heavy atom. The molecule has 0 aliphatic heterocycles. The smallest absolute Gasteiger partial charge is 0.142 e. The molecule has 0 unspecified atom stereocenters. The molecule has 0 fully saturated rings. The summed E-state index contributed by atoms with van der Waals surface area (Å²) in [6, 6.07) is 21.8. The molecule has 0 bridgehead atoms. The second-order valence-corrected chi connectivity index (χ2v) is 6.41. The van der Waals surface area contributed by atoms with Crippen LogP contribution >= 0.6 is 34.8 Å². The van der Waals surface area contributed by atoms with E-state index in [0.29, 0.717) is 31.8 Å². The lowest BCUT2D eigenvalue weighted by Crippen LogP contribution is -2.29. The van der Waals surface area contributed by atoms with E-state index in [1.807, 2.05) is 60.7 Å². The summed E-state index contributed by atoms with van der Waals surface area (Å²) >= 11 is 18.6. The fraction of sp³-hybridized carbons (Fsp3) is 0.0526. The van der Waals surface area contributed by atoms with Crippen LogP contribution in [0.5, 0.6) is 0 Å². The monoisotopic (exact) mass is 362 g/mol. The van der Waals surface area contributed by atoms with Crippen molar-refractivity contribution in [3.63, 3.8) is 0 Å². The number of aliphatic hydroxyl groups is 1. The van der Waals surface area contributed by atoms with Crippen LogP contribution in [0.25, 0.3) is 0 Å². The van der Waals surface area contributed by atoms with E-state index in [1.54, 1.807) is 12.1 Å². The van der Waals surface area contributed by atoms with Crippen molar-refractivity contribution < 1.29 is 5.11 Å². The Morgan fingerprint density at radius 3 is 1.52 bits per heavy atom. The lowest BCUT2D eigenvalue weighted by atomic mass is 9.80. The molecule has 0 radical (unpaired) electrons. The maximum Gasteiger partial charge on any atom is 0.142 e. The normalized spacial score (nSPS) is 11.5. The molecular weight excluding hydrogens is 351 g/mol. The lowest BCUT2D eigenvalue weighted by Gasteiger charge is -2.31. The van der Waals surface area contributed by atoms with E-state index in [-0.39, 0.29) is 0 Å². The molecule has 0 atom stereocenters. The van der Waals surface area contributed by atoms with Crippen molar-refractivity contribution in [2.24, 2.45) is 0 Å². The fourth-order valence-electron chi connectivity index (χ4n) is 2.64. The zero-order valence-electron chi connectivity index (χ0n) is 12.0. The highest BCUT2D eigenvalue weighted by Gasteiger charge is 2.36. The molecule has 0 aliphatic carbocycles. The highest BCUT2D eigenvalue weighted by Crippen LogP contribution is 2.42. The summed E-state index contributed by atoms with van der Waals surface area (Å²) in [6.07, 6.45) is 0. The predicted octanol–water partition coefficient (Wildman–Crippen LogP) is 5.93. The van der Waals surface area contributed by atoms with Gasteiger partial charge in [-0.05, 0) is 23.3 Å². The Kier molecular flexibility index (Phi) is 4.65. The van der Waals surface area contributed by atoms with Crippen molar-refractivity contribution in [3.8, 4) is 0 Å². The van der Waals surface area contributed by atoms with Gasteiger partial charge in [-0.1, -0.05) is 95.5 Å². The van der Waals surface area contributed by atoms with Crippen LogP contribution in [0.2, 0.25) is 15.1 Å². The van der Waals surface area contributed by atoms with Crippen molar-refractivity contribution in [3.05, 3.63) is 105 Å². The van der Waals surface area contributed by atoms with Crippen LogP contribution in [0.15, 0.2) is 72.8 Å². The van der Waals surface area contributed by atoms with Crippen LogP contribution in [0.1, 0.15) is 16.7 Å². The zero-order chi connectivity index (χ0) is 16.4. The summed E-state index contributed by atoms with van der Waals surface area (Å²) < 4.78 is 0. The van der Waals surface area contributed by atoms with Crippen molar-refractivity contribution in [2.45, 2.75) is 5.60 Å². The molecule has 0 saturated heterocycles. The van der Waals surface area contributed by atoms with E-state index in [1.165, 1.54) is 0 Å². The molecule has 3 rings (SSSR count). The van der Waals surface area contributed by atoms with Crippen LogP contribution < -0.4 is 0 Å². The van der Waals surface area contributed by atoms with Gasteiger partial charge in [0.25, 0.3) is 0 Å². The van der Waals surface area contributed by atoms with Gasteiger partial charge in [-0.25, -0.2) is 0 Å². The quantitative estimate of drug-likeness (QED) is 0.451. The first-order valence-corrected chi connectivity index (χ1v) is 8.15. The number of halogens is 3. The topological polar surface area (TPSA) is 20.2 Å². The lowest BCUT2D eigenvalue weighted by molar-refractivity contribution is 0.126. The number of rotatable bonds is 3. The largest absolute Gasteiger partial charge is 0.376 e. The third-order valence-corrected chi connectivity index (χ3v) is 4.82. The standard InChI is InChI=1S/C19H13Cl3O/c20-16-12-18(22)17(21)11-15(16)19(23,13-7-3-1-4-8-13)14-9-5-2-6-10-14/h1-12,23H. The molecule has 0 heterocycles. The van der Waals surface area contributed by atoms with E-state index in [4.69, 9.17) is 34.8 Å². The highest BCUT2D eigenvalue weighted by atomic mass is 35.5. The van der Waals surface area contributed by atoms with Gasteiger partial charge >= 0.3 is 0 Å². The summed E-state index contributed by atoms with van der Waals surface area (Å²) in [6.45, 7) is 0. The highest BCUT2D eigenvalue weighted by molar-refractivity contribution is 6.43. The Hall–Kier alpha value is -1.51. The van der Waals surface area contributed by atoms with Gasteiger partial charge in [-0.15, -0.1) is 0 Å². The number of hydrogen-bond acceptors (Lipinski definition) is 1. The van der Waals surface area contributed by atoms with Crippen LogP contribution in [0.3, 0.4) is 0 Å². The Labute approximate surface area is 150 Å². The summed E-state index contributed by atoms with van der Waals surface area (Å²) in [4.78, 5) is 0. The molecule has 116 valence electrons. The molecular formula is C19H13Cl3O. The van der Waals surface area contributed by atoms with Gasteiger partial charge in [-0.3, -0.25) is 0 Å². The van der Waals surface area contributed by atoms with Crippen molar-refractivity contribution in [2.75, 3.05) is 0 Å². The molecule has 0 spiro atoms. The second kappa shape index (κ2) is 6.54. The van der Waals surface area contributed by atoms with Crippen LogP contribution in [-0.4, -0.2) is 5.11 Å². The average molecular weight is 364 g/mol. The van der Waals surface area contributed by atoms with Gasteiger partial charge in [0.05, 0.1) is 10.0 Å². The van der Waals surface area contributed by atoms with Gasteiger partial charge in [0.2, 0.25) is 0 Å². The molecule has 1 N–H and O–H groups in total. The molecule has 4 heteroatoms. The van der Waals surface area contributed by atoms with Crippen LogP contribution in [-0.2, 0) is 5.60 Å². The second-order valence-electron chi connectivity index (χ2n) is 5.19. The third kappa shape index (κ3) is 2.98. The SMILES string of the molecule is OC(c1ccccc1)(c1ccccc1)c1cc(Cl)c(Cl)cc1Cl. The van der Waals surface area contributed by atoms with Crippen LogP contribution in [0.4, 0.5) is 0 Å². The first-order chi connectivity index (χ1) is 11.0. The van der Waals surface area contributed by atoms with Crippen molar-refractivity contribution in [1.82, 2.24) is 0 Å². The summed E-state index contributed by atoms with van der Waals surface area (Å²) in [5.74, 6) is 0. The van der Waals surface area contributed by atoms with E-state index in [2.05, 4.69) is 0 Å². The molecule has 0 aromatic heterocycles. The Bertz CT molecular complexity index is 777. The summed E-state index contributed by atoms with van der Waals surface area (Å²) in [7, 11) is 0. The van der Waals surface area contributed by atoms with E-state index >= 15 is 0 Å². The number of benzene rings is 3. The Balaban J connectivity index is 2.32. The van der Waals surface area contributed by atoms with Gasteiger partial charge < -0.3 is 5.11 Å². The zero-order valence-corrected chi connectivity index (χ0v) is 14.3.